The number of anilines is 1. The van der Waals surface area contributed by atoms with Crippen LogP contribution in [-0.2, 0) is 25.8 Å². The summed E-state index contributed by atoms with van der Waals surface area (Å²) in [5, 5.41) is 31.0. The summed E-state index contributed by atoms with van der Waals surface area (Å²) in [6, 6.07) is 17.3. The summed E-state index contributed by atoms with van der Waals surface area (Å²) in [7, 11) is 1.27. The highest BCUT2D eigenvalue weighted by Gasteiger charge is 2.76. The lowest BCUT2D eigenvalue weighted by Gasteiger charge is -2.50. The normalized spacial score (nSPS) is 29.4. The van der Waals surface area contributed by atoms with Crippen LogP contribution < -0.4 is 9.64 Å². The molecule has 6 atom stereocenters. The van der Waals surface area contributed by atoms with Crippen LogP contribution in [-0.4, -0.2) is 66.6 Å². The number of ether oxygens (including phenoxy) is 1. The van der Waals surface area contributed by atoms with E-state index in [9.17, 15) is 39.3 Å². The minimum absolute atomic E-state index is 0.0151. The molecule has 3 fully saturated rings. The molecule has 11 nitrogen and oxygen atoms in total. The van der Waals surface area contributed by atoms with Crippen molar-refractivity contribution < 1.29 is 44.0 Å². The third-order valence-electron chi connectivity index (χ3n) is 10.0. The van der Waals surface area contributed by atoms with E-state index < -0.39 is 74.3 Å². The van der Waals surface area contributed by atoms with Crippen LogP contribution in [0.2, 0.25) is 0 Å². The van der Waals surface area contributed by atoms with Crippen LogP contribution in [0.1, 0.15) is 40.2 Å². The predicted octanol–water partition coefficient (Wildman–Crippen LogP) is 4.57. The summed E-state index contributed by atoms with van der Waals surface area (Å²) in [4.78, 5) is 64.5. The first kappa shape index (κ1) is 31.7. The zero-order valence-electron chi connectivity index (χ0n) is 25.3. The number of phenols is 2. The first-order valence-corrected chi connectivity index (χ1v) is 15.9. The lowest BCUT2D eigenvalue weighted by Crippen LogP contribution is -2.60. The highest BCUT2D eigenvalue weighted by Crippen LogP contribution is 2.66. The molecular formula is C35H28Cl2N2O9. The summed E-state index contributed by atoms with van der Waals surface area (Å²) < 4.78 is 5.87. The van der Waals surface area contributed by atoms with E-state index in [1.54, 1.807) is 18.2 Å². The molecule has 0 bridgehead atoms. The molecule has 1 saturated carbocycles. The van der Waals surface area contributed by atoms with Crippen LogP contribution in [0.4, 0.5) is 5.69 Å². The number of hydrogen-bond acceptors (Lipinski definition) is 8. The standard InChI is InChI=1S/C35H28Cl2N2O9/c1-38-32(46)34(36)15-24-20(11-12-23-27(24)30(43)39(29(23)42)18-7-9-22(31(44)45)25(40)13-18)28(35(34,37)33(38)47)21-10-8-19(14-26(21)41)48-16-17-5-3-2-4-6-17/h2-11,13-14,23-24,27-28,40-41H,12,15-16H2,1H3,(H,44,45). The minimum atomic E-state index is -2.08. The maximum absolute atomic E-state index is 14.1. The molecule has 4 amide bonds. The Morgan fingerprint density at radius 3 is 2.31 bits per heavy atom. The fourth-order valence-electron chi connectivity index (χ4n) is 7.78. The van der Waals surface area contributed by atoms with E-state index in [1.165, 1.54) is 19.2 Å². The van der Waals surface area contributed by atoms with Crippen molar-refractivity contribution >= 4 is 58.5 Å². The van der Waals surface area contributed by atoms with Gasteiger partial charge in [-0.15, -0.1) is 23.2 Å². The smallest absolute Gasteiger partial charge is 0.339 e. The number of phenolic OH excluding ortho intramolecular Hbond substituents is 1. The molecule has 2 saturated heterocycles. The monoisotopic (exact) mass is 690 g/mol. The minimum Gasteiger partial charge on any atom is -0.508 e. The number of halogens is 2. The van der Waals surface area contributed by atoms with Gasteiger partial charge in [0.2, 0.25) is 11.8 Å². The topological polar surface area (TPSA) is 162 Å². The fraction of sp³-hybridized carbons (Fsp3) is 0.286. The number of aromatic carboxylic acids is 1. The number of nitrogens with zero attached hydrogens (tertiary/aromatic N) is 2. The lowest BCUT2D eigenvalue weighted by atomic mass is 9.56. The Bertz CT molecular complexity index is 1970. The molecule has 7 rings (SSSR count). The van der Waals surface area contributed by atoms with Gasteiger partial charge in [0.1, 0.15) is 29.4 Å². The number of imide groups is 2. The molecule has 2 aliphatic carbocycles. The largest absolute Gasteiger partial charge is 0.508 e. The quantitative estimate of drug-likeness (QED) is 0.191. The summed E-state index contributed by atoms with van der Waals surface area (Å²) >= 11 is 14.4. The second-order valence-electron chi connectivity index (χ2n) is 12.5. The van der Waals surface area contributed by atoms with Gasteiger partial charge in [-0.1, -0.05) is 48.0 Å². The molecule has 0 aromatic heterocycles. The molecule has 48 heavy (non-hydrogen) atoms. The molecule has 3 aromatic carbocycles. The number of aromatic hydroxyl groups is 2. The first-order valence-electron chi connectivity index (χ1n) is 15.1. The van der Waals surface area contributed by atoms with Gasteiger partial charge in [0, 0.05) is 30.7 Å². The maximum atomic E-state index is 14.1. The number of carbonyl (C=O) groups excluding carboxylic acids is 4. The number of benzene rings is 3. The third-order valence-corrected chi connectivity index (χ3v) is 11.5. The second kappa shape index (κ2) is 11.1. The van der Waals surface area contributed by atoms with E-state index in [4.69, 9.17) is 27.9 Å². The number of carbonyl (C=O) groups is 5. The van der Waals surface area contributed by atoms with Gasteiger partial charge in [-0.05, 0) is 42.5 Å². The number of likely N-dealkylation sites (tertiary alicyclic amines) is 1. The van der Waals surface area contributed by atoms with Gasteiger partial charge in [0.25, 0.3) is 11.8 Å². The molecule has 246 valence electrons. The second-order valence-corrected chi connectivity index (χ2v) is 13.8. The maximum Gasteiger partial charge on any atom is 0.339 e. The van der Waals surface area contributed by atoms with Crippen LogP contribution in [0.3, 0.4) is 0 Å². The molecule has 2 aliphatic heterocycles. The van der Waals surface area contributed by atoms with E-state index in [0.717, 1.165) is 27.5 Å². The van der Waals surface area contributed by atoms with Crippen molar-refractivity contribution in [2.24, 2.45) is 17.8 Å². The zero-order valence-corrected chi connectivity index (χ0v) is 26.8. The molecular weight excluding hydrogens is 663 g/mol. The van der Waals surface area contributed by atoms with E-state index >= 15 is 0 Å². The number of carboxylic acid groups (broad SMARTS) is 1. The molecule has 0 spiro atoms. The van der Waals surface area contributed by atoms with Gasteiger partial charge in [-0.3, -0.25) is 24.1 Å². The van der Waals surface area contributed by atoms with E-state index in [2.05, 4.69) is 0 Å². The average Bonchev–Trinajstić information content (AvgIpc) is 3.39. The fourth-order valence-corrected chi connectivity index (χ4v) is 8.79. The van der Waals surface area contributed by atoms with Crippen molar-refractivity contribution in [2.75, 3.05) is 11.9 Å². The van der Waals surface area contributed by atoms with E-state index in [1.807, 2.05) is 30.3 Å². The number of hydrogen-bond donors (Lipinski definition) is 3. The molecule has 0 radical (unpaired) electrons. The Kier molecular flexibility index (Phi) is 7.33. The number of fused-ring (bicyclic) bond motifs is 4. The Morgan fingerprint density at radius 1 is 0.917 bits per heavy atom. The average molecular weight is 692 g/mol. The van der Waals surface area contributed by atoms with Gasteiger partial charge < -0.3 is 20.1 Å². The van der Waals surface area contributed by atoms with Crippen LogP contribution >= 0.6 is 23.2 Å². The molecule has 6 unspecified atom stereocenters. The Labute approximate surface area is 283 Å². The SMILES string of the molecule is CN1C(=O)C2(Cl)CC3C(=CCC4C(=O)N(c5ccc(C(=O)O)c(O)c5)C(=O)C43)C(c3ccc(OCc4ccccc4)cc3O)C2(Cl)C1=O. The van der Waals surface area contributed by atoms with Crippen molar-refractivity contribution in [2.45, 2.75) is 35.1 Å². The number of amides is 4. The Morgan fingerprint density at radius 2 is 1.65 bits per heavy atom. The molecule has 3 aromatic rings. The van der Waals surface area contributed by atoms with Crippen LogP contribution in [0.5, 0.6) is 17.2 Å². The first-order chi connectivity index (χ1) is 22.8. The summed E-state index contributed by atoms with van der Waals surface area (Å²) in [6.45, 7) is 0.227. The van der Waals surface area contributed by atoms with Gasteiger partial charge in [0.15, 0.2) is 9.75 Å². The third kappa shape index (κ3) is 4.37. The highest BCUT2D eigenvalue weighted by molar-refractivity contribution is 6.53. The van der Waals surface area contributed by atoms with Gasteiger partial charge in [-0.25, -0.2) is 9.69 Å². The Balaban J connectivity index is 1.29. The van der Waals surface area contributed by atoms with E-state index in [-0.39, 0.29) is 36.4 Å². The molecule has 2 heterocycles. The summed E-state index contributed by atoms with van der Waals surface area (Å²) in [5.74, 6) is -8.58. The summed E-state index contributed by atoms with van der Waals surface area (Å²) in [6.07, 6.45) is 1.56. The molecule has 13 heteroatoms. The van der Waals surface area contributed by atoms with Gasteiger partial charge >= 0.3 is 5.97 Å². The van der Waals surface area contributed by atoms with Gasteiger partial charge in [-0.2, -0.15) is 0 Å². The summed E-state index contributed by atoms with van der Waals surface area (Å²) in [5.41, 5.74) is 1.16. The predicted molar refractivity (Wildman–Crippen MR) is 172 cm³/mol. The number of carboxylic acids is 1. The van der Waals surface area contributed by atoms with Crippen molar-refractivity contribution in [1.29, 1.82) is 0 Å². The number of rotatable bonds is 6. The van der Waals surface area contributed by atoms with Crippen LogP contribution in [0, 0.1) is 17.8 Å². The number of allylic oxidation sites excluding steroid dienone is 2. The van der Waals surface area contributed by atoms with Gasteiger partial charge in [0.05, 0.1) is 17.5 Å². The van der Waals surface area contributed by atoms with Crippen molar-refractivity contribution in [3.63, 3.8) is 0 Å². The molecule has 4 aliphatic rings. The Hall–Kier alpha value is -4.87. The number of alkyl halides is 2. The van der Waals surface area contributed by atoms with E-state index in [0.29, 0.717) is 11.3 Å². The van der Waals surface area contributed by atoms with Crippen molar-refractivity contribution in [3.05, 3.63) is 95.1 Å². The molecule has 3 N–H and O–H groups in total. The lowest BCUT2D eigenvalue weighted by molar-refractivity contribution is -0.138. The van der Waals surface area contributed by atoms with Crippen LogP contribution in [0.15, 0.2) is 78.4 Å². The van der Waals surface area contributed by atoms with Crippen molar-refractivity contribution in [3.8, 4) is 17.2 Å². The highest BCUT2D eigenvalue weighted by atomic mass is 35.5. The zero-order chi connectivity index (χ0) is 34.3. The van der Waals surface area contributed by atoms with Crippen LogP contribution in [0.25, 0.3) is 0 Å². The van der Waals surface area contributed by atoms with Crippen molar-refractivity contribution in [1.82, 2.24) is 4.90 Å².